The number of methoxy groups -OCH3 is 1. The number of hydrogen-bond acceptors (Lipinski definition) is 3. The maximum Gasteiger partial charge on any atom is 0.304 e. The normalized spacial score (nSPS) is 10.0. The molecule has 1 rings (SSSR count). The first kappa shape index (κ1) is 12.2. The van der Waals surface area contributed by atoms with E-state index in [1.54, 1.807) is 19.2 Å². The number of aliphatic carboxylic acids is 1. The van der Waals surface area contributed by atoms with E-state index >= 15 is 0 Å². The molecule has 15 heavy (non-hydrogen) atoms. The third kappa shape index (κ3) is 4.01. The summed E-state index contributed by atoms with van der Waals surface area (Å²) in [6, 6.07) is 5.30. The molecule has 0 aromatic heterocycles. The lowest BCUT2D eigenvalue weighted by molar-refractivity contribution is -0.136. The molecule has 5 heteroatoms. The van der Waals surface area contributed by atoms with Gasteiger partial charge in [-0.15, -0.1) is 11.8 Å². The van der Waals surface area contributed by atoms with Gasteiger partial charge in [0.1, 0.15) is 5.75 Å². The Kier molecular flexibility index (Phi) is 4.78. The van der Waals surface area contributed by atoms with Gasteiger partial charge in [0.15, 0.2) is 0 Å². The van der Waals surface area contributed by atoms with E-state index in [2.05, 4.69) is 0 Å². The molecule has 1 aromatic rings. The summed E-state index contributed by atoms with van der Waals surface area (Å²) >= 11 is 7.24. The van der Waals surface area contributed by atoms with Crippen LogP contribution < -0.4 is 4.74 Å². The van der Waals surface area contributed by atoms with E-state index in [1.807, 2.05) is 6.07 Å². The number of rotatable bonds is 5. The van der Waals surface area contributed by atoms with Crippen LogP contribution in [-0.4, -0.2) is 23.9 Å². The van der Waals surface area contributed by atoms with Crippen LogP contribution in [0, 0.1) is 0 Å². The fourth-order valence-corrected chi connectivity index (χ4v) is 2.12. The van der Waals surface area contributed by atoms with E-state index in [0.29, 0.717) is 16.5 Å². The van der Waals surface area contributed by atoms with Crippen LogP contribution >= 0.6 is 23.4 Å². The van der Waals surface area contributed by atoms with Crippen LogP contribution in [0.15, 0.2) is 23.1 Å². The summed E-state index contributed by atoms with van der Waals surface area (Å²) in [5.41, 5.74) is 0. The minimum Gasteiger partial charge on any atom is -0.496 e. The van der Waals surface area contributed by atoms with Gasteiger partial charge in [0.2, 0.25) is 0 Å². The average molecular weight is 247 g/mol. The van der Waals surface area contributed by atoms with E-state index in [1.165, 1.54) is 11.8 Å². The van der Waals surface area contributed by atoms with Gasteiger partial charge in [0.05, 0.1) is 13.5 Å². The summed E-state index contributed by atoms with van der Waals surface area (Å²) in [7, 11) is 1.56. The van der Waals surface area contributed by atoms with Crippen LogP contribution in [0.4, 0.5) is 0 Å². The number of carbonyl (C=O) groups is 1. The third-order valence-electron chi connectivity index (χ3n) is 1.70. The van der Waals surface area contributed by atoms with Crippen LogP contribution in [0.2, 0.25) is 5.02 Å². The van der Waals surface area contributed by atoms with Crippen LogP contribution in [0.25, 0.3) is 0 Å². The Morgan fingerprint density at radius 3 is 2.93 bits per heavy atom. The second-order valence-corrected chi connectivity index (χ2v) is 4.36. The Morgan fingerprint density at radius 2 is 2.33 bits per heavy atom. The van der Waals surface area contributed by atoms with Crippen molar-refractivity contribution in [1.29, 1.82) is 0 Å². The molecule has 82 valence electrons. The van der Waals surface area contributed by atoms with Gasteiger partial charge in [-0.1, -0.05) is 11.6 Å². The molecule has 0 heterocycles. The van der Waals surface area contributed by atoms with Crippen molar-refractivity contribution in [3.8, 4) is 5.75 Å². The Labute approximate surface area is 97.4 Å². The van der Waals surface area contributed by atoms with Crippen LogP contribution in [0.5, 0.6) is 5.75 Å². The number of ether oxygens (including phenoxy) is 1. The number of benzene rings is 1. The number of carboxylic acid groups (broad SMARTS) is 1. The Balaban J connectivity index is 2.63. The van der Waals surface area contributed by atoms with Gasteiger partial charge in [-0.2, -0.15) is 0 Å². The third-order valence-corrected chi connectivity index (χ3v) is 2.99. The van der Waals surface area contributed by atoms with E-state index in [4.69, 9.17) is 21.4 Å². The fraction of sp³-hybridized carbons (Fsp3) is 0.300. The van der Waals surface area contributed by atoms with Gasteiger partial charge in [0, 0.05) is 15.7 Å². The highest BCUT2D eigenvalue weighted by atomic mass is 35.5. The second kappa shape index (κ2) is 5.88. The molecule has 0 aliphatic heterocycles. The van der Waals surface area contributed by atoms with E-state index in [-0.39, 0.29) is 6.42 Å². The van der Waals surface area contributed by atoms with Crippen molar-refractivity contribution in [2.45, 2.75) is 11.3 Å². The minimum absolute atomic E-state index is 0.135. The second-order valence-electron chi connectivity index (χ2n) is 2.79. The van der Waals surface area contributed by atoms with Crippen molar-refractivity contribution in [1.82, 2.24) is 0 Å². The molecule has 0 aliphatic carbocycles. The summed E-state index contributed by atoms with van der Waals surface area (Å²) < 4.78 is 5.13. The molecule has 0 spiro atoms. The van der Waals surface area contributed by atoms with Crippen LogP contribution in [0.3, 0.4) is 0 Å². The molecule has 0 bridgehead atoms. The van der Waals surface area contributed by atoms with Crippen molar-refractivity contribution in [3.63, 3.8) is 0 Å². The molecular weight excluding hydrogens is 236 g/mol. The Bertz CT molecular complexity index is 355. The molecule has 0 unspecified atom stereocenters. The zero-order valence-electron chi connectivity index (χ0n) is 8.20. The quantitative estimate of drug-likeness (QED) is 0.812. The van der Waals surface area contributed by atoms with Gasteiger partial charge in [-0.05, 0) is 18.2 Å². The minimum atomic E-state index is -0.796. The number of thioether (sulfide) groups is 1. The molecule has 1 aromatic carbocycles. The first-order valence-corrected chi connectivity index (χ1v) is 5.68. The molecular formula is C10H11ClO3S. The fourth-order valence-electron chi connectivity index (χ4n) is 1.01. The number of hydrogen-bond donors (Lipinski definition) is 1. The lowest BCUT2D eigenvalue weighted by atomic mass is 10.3. The van der Waals surface area contributed by atoms with Crippen LogP contribution in [-0.2, 0) is 4.79 Å². The SMILES string of the molecule is COc1cc(Cl)ccc1SCCC(=O)O. The van der Waals surface area contributed by atoms with Crippen LogP contribution in [0.1, 0.15) is 6.42 Å². The smallest absolute Gasteiger partial charge is 0.304 e. The van der Waals surface area contributed by atoms with Gasteiger partial charge in [-0.25, -0.2) is 0 Å². The molecule has 0 atom stereocenters. The molecule has 0 fully saturated rings. The summed E-state index contributed by atoms with van der Waals surface area (Å²) in [4.78, 5) is 11.2. The van der Waals surface area contributed by atoms with Crippen molar-refractivity contribution in [3.05, 3.63) is 23.2 Å². The Morgan fingerprint density at radius 1 is 1.60 bits per heavy atom. The van der Waals surface area contributed by atoms with Gasteiger partial charge < -0.3 is 9.84 Å². The highest BCUT2D eigenvalue weighted by Crippen LogP contribution is 2.31. The largest absolute Gasteiger partial charge is 0.496 e. The highest BCUT2D eigenvalue weighted by Gasteiger charge is 2.05. The predicted molar refractivity (Wildman–Crippen MR) is 61.0 cm³/mol. The van der Waals surface area contributed by atoms with E-state index in [0.717, 1.165) is 4.90 Å². The lowest BCUT2D eigenvalue weighted by Crippen LogP contribution is -1.96. The first-order valence-electron chi connectivity index (χ1n) is 4.31. The van der Waals surface area contributed by atoms with Gasteiger partial charge in [-0.3, -0.25) is 4.79 Å². The molecule has 0 aliphatic rings. The average Bonchev–Trinajstić information content (AvgIpc) is 2.19. The topological polar surface area (TPSA) is 46.5 Å². The zero-order valence-corrected chi connectivity index (χ0v) is 9.77. The summed E-state index contributed by atoms with van der Waals surface area (Å²) in [5, 5.41) is 9.10. The summed E-state index contributed by atoms with van der Waals surface area (Å²) in [6.45, 7) is 0. The van der Waals surface area contributed by atoms with E-state index in [9.17, 15) is 4.79 Å². The predicted octanol–water partition coefficient (Wildman–Crippen LogP) is 2.92. The number of halogens is 1. The van der Waals surface area contributed by atoms with Crippen molar-refractivity contribution >= 4 is 29.3 Å². The van der Waals surface area contributed by atoms with Gasteiger partial charge in [0.25, 0.3) is 0 Å². The lowest BCUT2D eigenvalue weighted by Gasteiger charge is -2.07. The molecule has 0 saturated heterocycles. The Hall–Kier alpha value is -0.870. The molecule has 0 amide bonds. The molecule has 0 saturated carbocycles. The van der Waals surface area contributed by atoms with Crippen molar-refractivity contribution in [2.24, 2.45) is 0 Å². The summed E-state index contributed by atoms with van der Waals surface area (Å²) in [6.07, 6.45) is 0.135. The molecule has 3 nitrogen and oxygen atoms in total. The summed E-state index contributed by atoms with van der Waals surface area (Å²) in [5.74, 6) is 0.404. The first-order chi connectivity index (χ1) is 7.13. The zero-order chi connectivity index (χ0) is 11.3. The van der Waals surface area contributed by atoms with Crippen molar-refractivity contribution < 1.29 is 14.6 Å². The molecule has 0 radical (unpaired) electrons. The van der Waals surface area contributed by atoms with Gasteiger partial charge >= 0.3 is 5.97 Å². The highest BCUT2D eigenvalue weighted by molar-refractivity contribution is 7.99. The van der Waals surface area contributed by atoms with Crippen molar-refractivity contribution in [2.75, 3.05) is 12.9 Å². The van der Waals surface area contributed by atoms with E-state index < -0.39 is 5.97 Å². The maximum atomic E-state index is 10.3. The standard InChI is InChI=1S/C10H11ClO3S/c1-14-8-6-7(11)2-3-9(8)15-5-4-10(12)13/h2-3,6H,4-5H2,1H3,(H,12,13). The number of carboxylic acids is 1. The maximum absolute atomic E-state index is 10.3. The monoisotopic (exact) mass is 246 g/mol. The molecule has 1 N–H and O–H groups in total.